The fourth-order valence-corrected chi connectivity index (χ4v) is 3.66. The van der Waals surface area contributed by atoms with Gasteiger partial charge in [0.1, 0.15) is 17.6 Å². The van der Waals surface area contributed by atoms with Crippen LogP contribution in [0.4, 0.5) is 0 Å². The minimum absolute atomic E-state index is 0.0134. The van der Waals surface area contributed by atoms with Crippen LogP contribution in [0.1, 0.15) is 23.5 Å². The SMILES string of the molecule is OCCN1C(=S)NC(c2ccccn2)C1c1ccc(-c2ccccc2)o1. The lowest BCUT2D eigenvalue weighted by Gasteiger charge is -2.25. The Labute approximate surface area is 157 Å². The van der Waals surface area contributed by atoms with Gasteiger partial charge >= 0.3 is 0 Å². The number of hydrogen-bond acceptors (Lipinski definition) is 4. The normalized spacial score (nSPS) is 19.6. The zero-order chi connectivity index (χ0) is 17.9. The molecule has 0 bridgehead atoms. The maximum absolute atomic E-state index is 9.47. The number of pyridine rings is 1. The van der Waals surface area contributed by atoms with E-state index in [1.54, 1.807) is 6.20 Å². The third-order valence-electron chi connectivity index (χ3n) is 4.52. The minimum Gasteiger partial charge on any atom is -0.459 e. The predicted octanol–water partition coefficient (Wildman–Crippen LogP) is 3.31. The molecule has 0 saturated carbocycles. The van der Waals surface area contributed by atoms with Gasteiger partial charge in [-0.2, -0.15) is 0 Å². The maximum Gasteiger partial charge on any atom is 0.170 e. The molecule has 1 fully saturated rings. The first-order chi connectivity index (χ1) is 12.8. The van der Waals surface area contributed by atoms with E-state index in [9.17, 15) is 5.11 Å². The zero-order valence-electron chi connectivity index (χ0n) is 14.1. The number of nitrogens with one attached hydrogen (secondary N) is 1. The highest BCUT2D eigenvalue weighted by Gasteiger charge is 2.41. The summed E-state index contributed by atoms with van der Waals surface area (Å²) in [6.07, 6.45) is 1.77. The van der Waals surface area contributed by atoms with Gasteiger partial charge in [0.05, 0.1) is 18.3 Å². The molecule has 26 heavy (non-hydrogen) atoms. The number of aromatic nitrogens is 1. The summed E-state index contributed by atoms with van der Waals surface area (Å²) in [5.74, 6) is 1.60. The molecule has 2 N–H and O–H groups in total. The molecular weight excluding hydrogens is 346 g/mol. The molecule has 0 amide bonds. The summed E-state index contributed by atoms with van der Waals surface area (Å²) in [4.78, 5) is 6.44. The molecule has 4 rings (SSSR count). The van der Waals surface area contributed by atoms with E-state index < -0.39 is 0 Å². The molecule has 5 nitrogen and oxygen atoms in total. The topological polar surface area (TPSA) is 61.5 Å². The molecule has 1 aliphatic heterocycles. The van der Waals surface area contributed by atoms with E-state index >= 15 is 0 Å². The number of aliphatic hydroxyl groups is 1. The van der Waals surface area contributed by atoms with Crippen LogP contribution in [0.3, 0.4) is 0 Å². The summed E-state index contributed by atoms with van der Waals surface area (Å²) < 4.78 is 6.18. The number of thiocarbonyl (C=S) groups is 1. The molecule has 2 unspecified atom stereocenters. The van der Waals surface area contributed by atoms with Crippen LogP contribution < -0.4 is 5.32 Å². The van der Waals surface area contributed by atoms with Gasteiger partial charge in [-0.15, -0.1) is 0 Å². The van der Waals surface area contributed by atoms with Gasteiger partial charge in [-0.1, -0.05) is 36.4 Å². The average molecular weight is 365 g/mol. The third kappa shape index (κ3) is 3.09. The molecule has 2 aromatic heterocycles. The Hall–Kier alpha value is -2.70. The molecule has 132 valence electrons. The van der Waals surface area contributed by atoms with Crippen molar-refractivity contribution in [1.29, 1.82) is 0 Å². The first-order valence-corrected chi connectivity index (χ1v) is 8.93. The van der Waals surface area contributed by atoms with Gasteiger partial charge in [0.25, 0.3) is 0 Å². The minimum atomic E-state index is -0.165. The number of hydrogen-bond donors (Lipinski definition) is 2. The van der Waals surface area contributed by atoms with Crippen LogP contribution in [0.25, 0.3) is 11.3 Å². The van der Waals surface area contributed by atoms with Crippen LogP contribution in [-0.2, 0) is 0 Å². The van der Waals surface area contributed by atoms with Crippen LogP contribution in [0.15, 0.2) is 71.3 Å². The highest BCUT2D eigenvalue weighted by Crippen LogP contribution is 2.40. The number of benzene rings is 1. The Balaban J connectivity index is 1.72. The third-order valence-corrected chi connectivity index (χ3v) is 4.87. The van der Waals surface area contributed by atoms with Crippen LogP contribution >= 0.6 is 12.2 Å². The largest absolute Gasteiger partial charge is 0.459 e. The van der Waals surface area contributed by atoms with E-state index in [2.05, 4.69) is 10.3 Å². The van der Waals surface area contributed by atoms with Crippen molar-refractivity contribution in [3.05, 3.63) is 78.3 Å². The molecule has 3 aromatic rings. The molecule has 3 heterocycles. The van der Waals surface area contributed by atoms with Gasteiger partial charge in [-0.3, -0.25) is 4.98 Å². The van der Waals surface area contributed by atoms with E-state index in [4.69, 9.17) is 16.6 Å². The van der Waals surface area contributed by atoms with Crippen LogP contribution in [0.2, 0.25) is 0 Å². The summed E-state index contributed by atoms with van der Waals surface area (Å²) in [7, 11) is 0. The second kappa shape index (κ2) is 7.27. The van der Waals surface area contributed by atoms with E-state index in [1.165, 1.54) is 0 Å². The van der Waals surface area contributed by atoms with Crippen molar-refractivity contribution < 1.29 is 9.52 Å². The Bertz CT molecular complexity index is 882. The van der Waals surface area contributed by atoms with Crippen LogP contribution in [0, 0.1) is 0 Å². The highest BCUT2D eigenvalue weighted by molar-refractivity contribution is 7.80. The van der Waals surface area contributed by atoms with Crippen molar-refractivity contribution in [2.24, 2.45) is 0 Å². The molecule has 1 aromatic carbocycles. The predicted molar refractivity (Wildman–Crippen MR) is 103 cm³/mol. The van der Waals surface area contributed by atoms with Crippen LogP contribution in [-0.4, -0.2) is 33.3 Å². The standard InChI is InChI=1S/C20H19N3O2S/c24-13-12-23-19(18(22-20(23)26)15-8-4-5-11-21-15)17-10-9-16(25-17)14-6-2-1-3-7-14/h1-11,18-19,24H,12-13H2,(H,22,26). The molecule has 1 aliphatic rings. The molecule has 6 heteroatoms. The Kier molecular flexibility index (Phi) is 4.69. The second-order valence-corrected chi connectivity index (χ2v) is 6.50. The summed E-state index contributed by atoms with van der Waals surface area (Å²) in [6.45, 7) is 0.445. The molecule has 1 saturated heterocycles. The lowest BCUT2D eigenvalue weighted by molar-refractivity contribution is 0.209. The molecule has 0 spiro atoms. The molecule has 2 atom stereocenters. The Morgan fingerprint density at radius 1 is 1.08 bits per heavy atom. The number of nitrogens with zero attached hydrogens (tertiary/aromatic N) is 2. The van der Waals surface area contributed by atoms with E-state index in [0.717, 1.165) is 22.8 Å². The van der Waals surface area contributed by atoms with Gasteiger partial charge in [0.15, 0.2) is 5.11 Å². The van der Waals surface area contributed by atoms with Crippen molar-refractivity contribution in [2.45, 2.75) is 12.1 Å². The van der Waals surface area contributed by atoms with Gasteiger partial charge < -0.3 is 19.7 Å². The van der Waals surface area contributed by atoms with Gasteiger partial charge in [-0.05, 0) is 36.5 Å². The Morgan fingerprint density at radius 2 is 1.88 bits per heavy atom. The number of β-amino-alcohol motifs (C(OH)–C–C–N with tert-alkyl or cyclic N) is 1. The summed E-state index contributed by atoms with van der Waals surface area (Å²) in [5.41, 5.74) is 1.91. The number of aliphatic hydroxyl groups excluding tert-OH is 1. The Morgan fingerprint density at radius 3 is 2.62 bits per heavy atom. The summed E-state index contributed by atoms with van der Waals surface area (Å²) in [6, 6.07) is 19.4. The first kappa shape index (κ1) is 16.8. The van der Waals surface area contributed by atoms with Crippen LogP contribution in [0.5, 0.6) is 0 Å². The average Bonchev–Trinajstić information content (AvgIpc) is 3.29. The maximum atomic E-state index is 9.47. The number of rotatable bonds is 5. The quantitative estimate of drug-likeness (QED) is 0.677. The van der Waals surface area contributed by atoms with Gasteiger partial charge in [0, 0.05) is 18.3 Å². The van der Waals surface area contributed by atoms with Crippen molar-refractivity contribution in [3.8, 4) is 11.3 Å². The molecule has 0 radical (unpaired) electrons. The summed E-state index contributed by atoms with van der Waals surface area (Å²) >= 11 is 5.49. The zero-order valence-corrected chi connectivity index (χ0v) is 14.9. The van der Waals surface area contributed by atoms with E-state index in [-0.39, 0.29) is 18.7 Å². The van der Waals surface area contributed by atoms with Crippen molar-refractivity contribution in [3.63, 3.8) is 0 Å². The fraction of sp³-hybridized carbons (Fsp3) is 0.200. The number of furan rings is 1. The molecule has 0 aliphatic carbocycles. The smallest absolute Gasteiger partial charge is 0.170 e. The summed E-state index contributed by atoms with van der Waals surface area (Å²) in [5, 5.41) is 13.4. The lowest BCUT2D eigenvalue weighted by Crippen LogP contribution is -2.32. The van der Waals surface area contributed by atoms with Gasteiger partial charge in [-0.25, -0.2) is 0 Å². The first-order valence-electron chi connectivity index (χ1n) is 8.52. The highest BCUT2D eigenvalue weighted by atomic mass is 32.1. The van der Waals surface area contributed by atoms with Crippen molar-refractivity contribution in [1.82, 2.24) is 15.2 Å². The molecular formula is C20H19N3O2S. The second-order valence-electron chi connectivity index (χ2n) is 6.11. The van der Waals surface area contributed by atoms with Crippen molar-refractivity contribution in [2.75, 3.05) is 13.2 Å². The fourth-order valence-electron chi connectivity index (χ4n) is 3.33. The lowest BCUT2D eigenvalue weighted by atomic mass is 10.0. The van der Waals surface area contributed by atoms with E-state index in [0.29, 0.717) is 11.7 Å². The monoisotopic (exact) mass is 365 g/mol. The van der Waals surface area contributed by atoms with E-state index in [1.807, 2.05) is 65.6 Å². The van der Waals surface area contributed by atoms with Crippen molar-refractivity contribution >= 4 is 17.3 Å². The van der Waals surface area contributed by atoms with Gasteiger partial charge in [0.2, 0.25) is 0 Å².